The Morgan fingerprint density at radius 1 is 1.24 bits per heavy atom. The number of fused-ring (bicyclic) bond motifs is 1. The summed E-state index contributed by atoms with van der Waals surface area (Å²) in [6.07, 6.45) is 1.37. The standard InChI is InChI=1S/C18H17ClN4O2/c1-20-9-15(11-4-2-5-12(19)8-11)23-17-13-6-3-7-14(18(24)25)16(13)21-10-22-17/h2-8,10,15,20H,9H2,1H3,(H,24,25)(H,21,22,23). The lowest BCUT2D eigenvalue weighted by Gasteiger charge is -2.20. The number of anilines is 1. The highest BCUT2D eigenvalue weighted by molar-refractivity contribution is 6.30. The number of carboxylic acids is 1. The number of aromatic carboxylic acids is 1. The number of carbonyl (C=O) groups is 1. The molecule has 0 amide bonds. The first-order valence-corrected chi connectivity index (χ1v) is 8.11. The van der Waals surface area contributed by atoms with Crippen molar-refractivity contribution in [2.24, 2.45) is 0 Å². The first-order valence-electron chi connectivity index (χ1n) is 7.73. The molecule has 0 spiro atoms. The summed E-state index contributed by atoms with van der Waals surface area (Å²) in [6.45, 7) is 0.643. The van der Waals surface area contributed by atoms with E-state index in [9.17, 15) is 9.90 Å². The van der Waals surface area contributed by atoms with E-state index in [1.807, 2.05) is 31.3 Å². The van der Waals surface area contributed by atoms with E-state index in [2.05, 4.69) is 20.6 Å². The lowest BCUT2D eigenvalue weighted by Crippen LogP contribution is -2.24. The molecule has 128 valence electrons. The smallest absolute Gasteiger partial charge is 0.337 e. The molecule has 0 aliphatic rings. The van der Waals surface area contributed by atoms with Gasteiger partial charge >= 0.3 is 5.97 Å². The largest absolute Gasteiger partial charge is 0.478 e. The van der Waals surface area contributed by atoms with Crippen molar-refractivity contribution in [2.75, 3.05) is 18.9 Å². The summed E-state index contributed by atoms with van der Waals surface area (Å²) in [4.78, 5) is 19.8. The van der Waals surface area contributed by atoms with Crippen LogP contribution in [0.15, 0.2) is 48.8 Å². The summed E-state index contributed by atoms with van der Waals surface area (Å²) in [5, 5.41) is 17.2. The second-order valence-corrected chi connectivity index (χ2v) is 5.98. The predicted octanol–water partition coefficient (Wildman–Crippen LogP) is 3.35. The van der Waals surface area contributed by atoms with Crippen molar-refractivity contribution >= 4 is 34.3 Å². The molecule has 0 aliphatic carbocycles. The van der Waals surface area contributed by atoms with E-state index in [4.69, 9.17) is 11.6 Å². The van der Waals surface area contributed by atoms with E-state index in [1.54, 1.807) is 12.1 Å². The fourth-order valence-corrected chi connectivity index (χ4v) is 2.92. The molecule has 7 heteroatoms. The Morgan fingerprint density at radius 2 is 2.04 bits per heavy atom. The molecule has 1 aromatic heterocycles. The Labute approximate surface area is 149 Å². The number of aromatic nitrogens is 2. The van der Waals surface area contributed by atoms with Gasteiger partial charge in [0.1, 0.15) is 12.1 Å². The molecular weight excluding hydrogens is 340 g/mol. The molecule has 3 N–H and O–H groups in total. The summed E-state index contributed by atoms with van der Waals surface area (Å²) in [7, 11) is 1.86. The van der Waals surface area contributed by atoms with Crippen LogP contribution < -0.4 is 10.6 Å². The van der Waals surface area contributed by atoms with Gasteiger partial charge in [-0.2, -0.15) is 0 Å². The Hall–Kier alpha value is -2.70. The van der Waals surface area contributed by atoms with Crippen LogP contribution in [-0.4, -0.2) is 34.6 Å². The lowest BCUT2D eigenvalue weighted by atomic mass is 10.1. The van der Waals surface area contributed by atoms with Gasteiger partial charge < -0.3 is 15.7 Å². The Balaban J connectivity index is 2.03. The number of nitrogens with one attached hydrogen (secondary N) is 2. The quantitative estimate of drug-likeness (QED) is 0.627. The third-order valence-electron chi connectivity index (χ3n) is 3.87. The maximum Gasteiger partial charge on any atom is 0.337 e. The first kappa shape index (κ1) is 17.1. The van der Waals surface area contributed by atoms with Crippen LogP contribution in [0.5, 0.6) is 0 Å². The van der Waals surface area contributed by atoms with E-state index in [0.717, 1.165) is 5.56 Å². The van der Waals surface area contributed by atoms with Gasteiger partial charge in [-0.3, -0.25) is 0 Å². The third kappa shape index (κ3) is 3.70. The number of benzene rings is 2. The average Bonchev–Trinajstić information content (AvgIpc) is 2.61. The maximum absolute atomic E-state index is 11.4. The molecule has 6 nitrogen and oxygen atoms in total. The monoisotopic (exact) mass is 356 g/mol. The van der Waals surface area contributed by atoms with Crippen LogP contribution in [0.3, 0.4) is 0 Å². The number of para-hydroxylation sites is 1. The van der Waals surface area contributed by atoms with Crippen LogP contribution in [0.25, 0.3) is 10.9 Å². The number of hydrogen-bond acceptors (Lipinski definition) is 5. The van der Waals surface area contributed by atoms with Gasteiger partial charge in [-0.1, -0.05) is 29.8 Å². The van der Waals surface area contributed by atoms with Gasteiger partial charge in [0.05, 0.1) is 17.1 Å². The van der Waals surface area contributed by atoms with E-state index in [-0.39, 0.29) is 11.6 Å². The topological polar surface area (TPSA) is 87.1 Å². The summed E-state index contributed by atoms with van der Waals surface area (Å²) in [6, 6.07) is 12.5. The summed E-state index contributed by atoms with van der Waals surface area (Å²) in [5.41, 5.74) is 1.56. The summed E-state index contributed by atoms with van der Waals surface area (Å²) < 4.78 is 0. The van der Waals surface area contributed by atoms with Crippen molar-refractivity contribution in [2.45, 2.75) is 6.04 Å². The van der Waals surface area contributed by atoms with Crippen molar-refractivity contribution in [3.8, 4) is 0 Å². The fraction of sp³-hybridized carbons (Fsp3) is 0.167. The second-order valence-electron chi connectivity index (χ2n) is 5.54. The maximum atomic E-state index is 11.4. The Morgan fingerprint density at radius 3 is 2.76 bits per heavy atom. The summed E-state index contributed by atoms with van der Waals surface area (Å²) >= 11 is 6.10. The molecule has 1 atom stereocenters. The third-order valence-corrected chi connectivity index (χ3v) is 4.10. The first-order chi connectivity index (χ1) is 12.1. The highest BCUT2D eigenvalue weighted by atomic mass is 35.5. The number of nitrogens with zero attached hydrogens (tertiary/aromatic N) is 2. The minimum Gasteiger partial charge on any atom is -0.478 e. The Bertz CT molecular complexity index is 916. The molecule has 0 saturated heterocycles. The van der Waals surface area contributed by atoms with Crippen molar-refractivity contribution in [3.63, 3.8) is 0 Å². The molecule has 25 heavy (non-hydrogen) atoms. The highest BCUT2D eigenvalue weighted by Crippen LogP contribution is 2.26. The van der Waals surface area contributed by atoms with Crippen molar-refractivity contribution < 1.29 is 9.90 Å². The van der Waals surface area contributed by atoms with Gasteiger partial charge in [-0.15, -0.1) is 0 Å². The van der Waals surface area contributed by atoms with E-state index in [1.165, 1.54) is 12.4 Å². The van der Waals surface area contributed by atoms with Crippen molar-refractivity contribution in [1.29, 1.82) is 0 Å². The normalized spacial score (nSPS) is 12.1. The molecule has 0 fully saturated rings. The zero-order valence-corrected chi connectivity index (χ0v) is 14.3. The molecule has 3 rings (SSSR count). The molecule has 2 aromatic carbocycles. The van der Waals surface area contributed by atoms with Gasteiger partial charge in [0.25, 0.3) is 0 Å². The lowest BCUT2D eigenvalue weighted by molar-refractivity contribution is 0.0699. The van der Waals surface area contributed by atoms with Gasteiger partial charge in [0.15, 0.2) is 0 Å². The average molecular weight is 357 g/mol. The van der Waals surface area contributed by atoms with E-state index < -0.39 is 5.97 Å². The molecule has 0 bridgehead atoms. The number of carboxylic acid groups (broad SMARTS) is 1. The number of hydrogen-bond donors (Lipinski definition) is 3. The zero-order valence-electron chi connectivity index (χ0n) is 13.5. The van der Waals surface area contributed by atoms with E-state index in [0.29, 0.717) is 28.3 Å². The zero-order chi connectivity index (χ0) is 17.8. The van der Waals surface area contributed by atoms with Crippen LogP contribution in [-0.2, 0) is 0 Å². The van der Waals surface area contributed by atoms with Crippen LogP contribution in [0.1, 0.15) is 22.0 Å². The van der Waals surface area contributed by atoms with E-state index >= 15 is 0 Å². The molecule has 0 saturated carbocycles. The van der Waals surface area contributed by atoms with Crippen LogP contribution >= 0.6 is 11.6 Å². The molecule has 3 aromatic rings. The number of likely N-dealkylation sites (N-methyl/N-ethyl adjacent to an activating group) is 1. The van der Waals surface area contributed by atoms with Gasteiger partial charge in [-0.05, 0) is 36.9 Å². The minimum absolute atomic E-state index is 0.0877. The molecule has 1 heterocycles. The molecule has 1 unspecified atom stereocenters. The Kier molecular flexibility index (Phi) is 5.11. The second kappa shape index (κ2) is 7.46. The van der Waals surface area contributed by atoms with Gasteiger partial charge in [0.2, 0.25) is 0 Å². The van der Waals surface area contributed by atoms with Crippen molar-refractivity contribution in [1.82, 2.24) is 15.3 Å². The molecular formula is C18H17ClN4O2. The van der Waals surface area contributed by atoms with Crippen LogP contribution in [0, 0.1) is 0 Å². The van der Waals surface area contributed by atoms with Gasteiger partial charge in [0, 0.05) is 17.0 Å². The summed E-state index contributed by atoms with van der Waals surface area (Å²) in [5.74, 6) is -0.440. The number of rotatable bonds is 6. The molecule has 0 aliphatic heterocycles. The predicted molar refractivity (Wildman–Crippen MR) is 98.2 cm³/mol. The highest BCUT2D eigenvalue weighted by Gasteiger charge is 2.16. The number of halogens is 1. The van der Waals surface area contributed by atoms with Crippen molar-refractivity contribution in [3.05, 3.63) is 64.9 Å². The fourth-order valence-electron chi connectivity index (χ4n) is 2.72. The van der Waals surface area contributed by atoms with Gasteiger partial charge in [-0.25, -0.2) is 14.8 Å². The van der Waals surface area contributed by atoms with Crippen LogP contribution in [0.4, 0.5) is 5.82 Å². The molecule has 0 radical (unpaired) electrons. The minimum atomic E-state index is -1.02. The van der Waals surface area contributed by atoms with Crippen LogP contribution in [0.2, 0.25) is 5.02 Å². The SMILES string of the molecule is CNCC(Nc1ncnc2c(C(=O)O)cccc12)c1cccc(Cl)c1.